The Hall–Kier alpha value is -4.30. The number of methoxy groups -OCH3 is 1. The summed E-state index contributed by atoms with van der Waals surface area (Å²) in [5, 5.41) is 11.6. The van der Waals surface area contributed by atoms with Gasteiger partial charge in [-0.2, -0.15) is 0 Å². The van der Waals surface area contributed by atoms with Crippen LogP contribution in [0.25, 0.3) is 5.76 Å². The van der Waals surface area contributed by atoms with Gasteiger partial charge in [-0.15, -0.1) is 0 Å². The van der Waals surface area contributed by atoms with Crippen LogP contribution < -0.4 is 14.2 Å². The van der Waals surface area contributed by atoms with Crippen LogP contribution in [0.3, 0.4) is 0 Å². The predicted molar refractivity (Wildman–Crippen MR) is 163 cm³/mol. The average Bonchev–Trinajstić information content (AvgIpc) is 3.26. The van der Waals surface area contributed by atoms with Gasteiger partial charge in [0.1, 0.15) is 18.1 Å². The van der Waals surface area contributed by atoms with Crippen LogP contribution in [-0.2, 0) is 16.2 Å². The molecule has 1 fully saturated rings. The largest absolute Gasteiger partial charge is 0.507 e. The van der Waals surface area contributed by atoms with Crippen LogP contribution >= 0.6 is 0 Å². The minimum atomic E-state index is -0.792. The maximum absolute atomic E-state index is 13.5. The summed E-state index contributed by atoms with van der Waals surface area (Å²) in [4.78, 5) is 30.7. The van der Waals surface area contributed by atoms with E-state index in [2.05, 4.69) is 18.7 Å². The van der Waals surface area contributed by atoms with Crippen molar-refractivity contribution in [2.75, 3.05) is 39.9 Å². The van der Waals surface area contributed by atoms with Crippen molar-refractivity contribution < 1.29 is 28.9 Å². The third-order valence-electron chi connectivity index (χ3n) is 7.58. The van der Waals surface area contributed by atoms with E-state index in [9.17, 15) is 14.7 Å². The fraction of sp³-hybridized carbons (Fsp3) is 0.353. The van der Waals surface area contributed by atoms with Gasteiger partial charge in [-0.25, -0.2) is 0 Å². The Labute approximate surface area is 248 Å². The summed E-state index contributed by atoms with van der Waals surface area (Å²) in [6, 6.07) is 19.7. The summed E-state index contributed by atoms with van der Waals surface area (Å²) >= 11 is 0. The number of ketones is 1. The molecular formula is C34H40N2O6. The molecule has 42 heavy (non-hydrogen) atoms. The van der Waals surface area contributed by atoms with Crippen LogP contribution in [0.1, 0.15) is 49.1 Å². The van der Waals surface area contributed by atoms with E-state index in [-0.39, 0.29) is 11.3 Å². The van der Waals surface area contributed by atoms with Crippen molar-refractivity contribution in [3.05, 3.63) is 94.6 Å². The Kier molecular flexibility index (Phi) is 10.3. The second-order valence-corrected chi connectivity index (χ2v) is 10.1. The highest BCUT2D eigenvalue weighted by Crippen LogP contribution is 2.42. The molecule has 0 radical (unpaired) electrons. The van der Waals surface area contributed by atoms with Crippen molar-refractivity contribution in [1.82, 2.24) is 9.80 Å². The van der Waals surface area contributed by atoms with Gasteiger partial charge in [-0.05, 0) is 74.0 Å². The van der Waals surface area contributed by atoms with E-state index in [0.717, 1.165) is 24.2 Å². The fourth-order valence-electron chi connectivity index (χ4n) is 5.22. The SMILES string of the molecule is CCOc1ccc([C@H]2/C(=C(\O)c3ccc(OCc4ccccc4)c(C)c3)C(=O)C(=O)N2CCN(CC)CC)cc1OC. The third kappa shape index (κ3) is 6.60. The van der Waals surface area contributed by atoms with Crippen LogP contribution in [0, 0.1) is 6.92 Å². The van der Waals surface area contributed by atoms with E-state index in [1.165, 1.54) is 0 Å². The number of Topliss-reactive ketones (excluding diaryl/α,β-unsaturated/α-hetero) is 1. The molecule has 8 heteroatoms. The maximum Gasteiger partial charge on any atom is 0.295 e. The van der Waals surface area contributed by atoms with Crippen LogP contribution in [0.15, 0.2) is 72.3 Å². The Bertz CT molecular complexity index is 1430. The number of hydrogen-bond acceptors (Lipinski definition) is 7. The minimum absolute atomic E-state index is 0.0445. The number of rotatable bonds is 13. The molecule has 0 saturated carbocycles. The number of aliphatic hydroxyl groups is 1. The molecule has 1 atom stereocenters. The highest BCUT2D eigenvalue weighted by Gasteiger charge is 2.46. The summed E-state index contributed by atoms with van der Waals surface area (Å²) < 4.78 is 17.3. The van der Waals surface area contributed by atoms with Crippen LogP contribution in [0.5, 0.6) is 17.2 Å². The third-order valence-corrected chi connectivity index (χ3v) is 7.58. The highest BCUT2D eigenvalue weighted by atomic mass is 16.5. The molecule has 3 aromatic rings. The van der Waals surface area contributed by atoms with E-state index >= 15 is 0 Å². The molecule has 1 N–H and O–H groups in total. The molecule has 4 rings (SSSR count). The molecular weight excluding hydrogens is 532 g/mol. The molecule has 1 heterocycles. The van der Waals surface area contributed by atoms with E-state index in [4.69, 9.17) is 14.2 Å². The summed E-state index contributed by atoms with van der Waals surface area (Å²) in [6.45, 7) is 11.3. The van der Waals surface area contributed by atoms with Gasteiger partial charge in [-0.1, -0.05) is 50.2 Å². The Morgan fingerprint density at radius 1 is 0.905 bits per heavy atom. The number of ether oxygens (including phenoxy) is 3. The lowest BCUT2D eigenvalue weighted by Crippen LogP contribution is -2.38. The summed E-state index contributed by atoms with van der Waals surface area (Å²) in [7, 11) is 1.54. The molecule has 1 aliphatic rings. The van der Waals surface area contributed by atoms with Gasteiger partial charge < -0.3 is 29.1 Å². The van der Waals surface area contributed by atoms with Gasteiger partial charge in [0.05, 0.1) is 25.3 Å². The van der Waals surface area contributed by atoms with E-state index in [1.54, 1.807) is 42.3 Å². The first-order valence-corrected chi connectivity index (χ1v) is 14.4. The summed E-state index contributed by atoms with van der Waals surface area (Å²) in [6.07, 6.45) is 0. The van der Waals surface area contributed by atoms with Gasteiger partial charge in [0, 0.05) is 18.7 Å². The van der Waals surface area contributed by atoms with E-state index < -0.39 is 17.7 Å². The lowest BCUT2D eigenvalue weighted by Gasteiger charge is -2.28. The first kappa shape index (κ1) is 30.7. The van der Waals surface area contributed by atoms with Crippen molar-refractivity contribution in [3.8, 4) is 17.2 Å². The lowest BCUT2D eigenvalue weighted by atomic mass is 9.94. The van der Waals surface area contributed by atoms with Crippen molar-refractivity contribution in [3.63, 3.8) is 0 Å². The molecule has 0 aliphatic carbocycles. The maximum atomic E-state index is 13.5. The van der Waals surface area contributed by atoms with Gasteiger partial charge in [-0.3, -0.25) is 9.59 Å². The zero-order valence-electron chi connectivity index (χ0n) is 25.1. The highest BCUT2D eigenvalue weighted by molar-refractivity contribution is 6.46. The second kappa shape index (κ2) is 14.0. The van der Waals surface area contributed by atoms with Gasteiger partial charge in [0.25, 0.3) is 11.7 Å². The number of hydrogen-bond donors (Lipinski definition) is 1. The predicted octanol–water partition coefficient (Wildman–Crippen LogP) is 5.74. The normalized spacial score (nSPS) is 16.2. The molecule has 1 amide bonds. The van der Waals surface area contributed by atoms with Crippen LogP contribution in [-0.4, -0.2) is 66.5 Å². The second-order valence-electron chi connectivity index (χ2n) is 10.1. The molecule has 0 spiro atoms. The van der Waals surface area contributed by atoms with Crippen molar-refractivity contribution in [1.29, 1.82) is 0 Å². The van der Waals surface area contributed by atoms with Crippen molar-refractivity contribution >= 4 is 17.4 Å². The molecule has 0 unspecified atom stereocenters. The van der Waals surface area contributed by atoms with Gasteiger partial charge in [0.2, 0.25) is 0 Å². The molecule has 1 saturated heterocycles. The Morgan fingerprint density at radius 2 is 1.62 bits per heavy atom. The molecule has 8 nitrogen and oxygen atoms in total. The van der Waals surface area contributed by atoms with Gasteiger partial charge in [0.15, 0.2) is 11.5 Å². The average molecular weight is 573 g/mol. The number of likely N-dealkylation sites (N-methyl/N-ethyl adjacent to an activating group) is 1. The molecule has 0 bridgehead atoms. The number of aliphatic hydroxyl groups excluding tert-OH is 1. The molecule has 1 aliphatic heterocycles. The zero-order valence-corrected chi connectivity index (χ0v) is 25.1. The standard InChI is InChI=1S/C34H40N2O6/c1-6-35(7-2)18-19-36-31(25-14-17-28(41-8-3)29(21-25)40-5)30(33(38)34(36)39)32(37)26-15-16-27(23(4)20-26)42-22-24-12-10-9-11-13-24/h9-17,20-21,31,37H,6-8,18-19,22H2,1-5H3/b32-30+/t31-/m0/s1. The quantitative estimate of drug-likeness (QED) is 0.159. The molecule has 222 valence electrons. The first-order chi connectivity index (χ1) is 20.3. The number of aryl methyl sites for hydroxylation is 1. The number of carbonyl (C=O) groups excluding carboxylic acids is 2. The number of carbonyl (C=O) groups is 2. The number of amides is 1. The summed E-state index contributed by atoms with van der Waals surface area (Å²) in [5.74, 6) is 0.134. The number of nitrogens with zero attached hydrogens (tertiary/aromatic N) is 2. The Morgan fingerprint density at radius 3 is 2.26 bits per heavy atom. The fourth-order valence-corrected chi connectivity index (χ4v) is 5.22. The summed E-state index contributed by atoms with van der Waals surface area (Å²) in [5.41, 5.74) is 2.96. The van der Waals surface area contributed by atoms with Gasteiger partial charge >= 0.3 is 0 Å². The molecule has 0 aromatic heterocycles. The number of benzene rings is 3. The van der Waals surface area contributed by atoms with Crippen molar-refractivity contribution in [2.45, 2.75) is 40.3 Å². The topological polar surface area (TPSA) is 88.5 Å². The van der Waals surface area contributed by atoms with E-state index in [0.29, 0.717) is 54.7 Å². The monoisotopic (exact) mass is 572 g/mol. The number of likely N-dealkylation sites (tertiary alicyclic amines) is 1. The lowest BCUT2D eigenvalue weighted by molar-refractivity contribution is -0.140. The molecule has 3 aromatic carbocycles. The Balaban J connectivity index is 1.74. The van der Waals surface area contributed by atoms with E-state index in [1.807, 2.05) is 50.2 Å². The minimum Gasteiger partial charge on any atom is -0.507 e. The van der Waals surface area contributed by atoms with Crippen LogP contribution in [0.2, 0.25) is 0 Å². The zero-order chi connectivity index (χ0) is 30.2. The smallest absolute Gasteiger partial charge is 0.295 e. The van der Waals surface area contributed by atoms with Crippen molar-refractivity contribution in [2.24, 2.45) is 0 Å². The van der Waals surface area contributed by atoms with Crippen LogP contribution in [0.4, 0.5) is 0 Å². The first-order valence-electron chi connectivity index (χ1n) is 14.4.